The molecule has 0 aromatic carbocycles. The summed E-state index contributed by atoms with van der Waals surface area (Å²) < 4.78 is 1.77. The zero-order valence-electron chi connectivity index (χ0n) is 23.5. The van der Waals surface area contributed by atoms with Gasteiger partial charge < -0.3 is 0 Å². The molecule has 1 aromatic rings. The van der Waals surface area contributed by atoms with Gasteiger partial charge in [-0.1, -0.05) is 52.4 Å². The molecule has 0 aliphatic heterocycles. The Labute approximate surface area is 218 Å². The van der Waals surface area contributed by atoms with Crippen LogP contribution in [0.2, 0.25) is 14.8 Å². The quantitative estimate of drug-likeness (QED) is 0.0888. The molecule has 0 nitrogen and oxygen atoms in total. The van der Waals surface area contributed by atoms with Crippen LogP contribution >= 0.6 is 11.3 Å². The van der Waals surface area contributed by atoms with Crippen molar-refractivity contribution in [3.05, 3.63) is 17.0 Å². The Balaban J connectivity index is 2.30. The minimum atomic E-state index is -1.89. The van der Waals surface area contributed by atoms with Crippen LogP contribution in [-0.2, 0) is 6.42 Å². The molecule has 0 aliphatic rings. The van der Waals surface area contributed by atoms with E-state index >= 15 is 0 Å². The molecule has 1 unspecified atom stereocenters. The first-order valence-corrected chi connectivity index (χ1v) is 25.9. The van der Waals surface area contributed by atoms with Crippen molar-refractivity contribution in [1.82, 2.24) is 0 Å². The van der Waals surface area contributed by atoms with Crippen molar-refractivity contribution >= 4 is 32.6 Å². The van der Waals surface area contributed by atoms with E-state index in [0.29, 0.717) is 0 Å². The van der Waals surface area contributed by atoms with Gasteiger partial charge in [-0.05, 0) is 0 Å². The molecule has 0 bridgehead atoms. The molecule has 0 fully saturated rings. The summed E-state index contributed by atoms with van der Waals surface area (Å²) >= 11 is 0.186. The molecule has 194 valence electrons. The summed E-state index contributed by atoms with van der Waals surface area (Å²) in [7, 11) is 0. The third-order valence-corrected chi connectivity index (χ3v) is 17.9. The van der Waals surface area contributed by atoms with Crippen molar-refractivity contribution in [2.24, 2.45) is 5.92 Å². The van der Waals surface area contributed by atoms with Gasteiger partial charge >= 0.3 is 167 Å². The molecule has 0 saturated carbocycles. The summed E-state index contributed by atoms with van der Waals surface area (Å²) in [6, 6.07) is 2.61. The van der Waals surface area contributed by atoms with Crippen LogP contribution in [0.4, 0.5) is 0 Å². The van der Waals surface area contributed by atoms with Gasteiger partial charge in [0.15, 0.2) is 0 Å². The zero-order valence-corrected chi connectivity index (χ0v) is 27.2. The Kier molecular flexibility index (Phi) is 19.7. The van der Waals surface area contributed by atoms with Crippen LogP contribution in [0.3, 0.4) is 0 Å². The predicted octanol–water partition coefficient (Wildman–Crippen LogP) is 11.3. The maximum atomic E-state index is 2.61. The number of hydrogen-bond acceptors (Lipinski definition) is 1. The zero-order chi connectivity index (χ0) is 24.2. The Bertz CT molecular complexity index is 541. The van der Waals surface area contributed by atoms with Gasteiger partial charge in [0.25, 0.3) is 0 Å². The fourth-order valence-corrected chi connectivity index (χ4v) is 11.4. The van der Waals surface area contributed by atoms with Crippen molar-refractivity contribution in [3.63, 3.8) is 0 Å². The molecule has 0 amide bonds. The average molecular weight is 584 g/mol. The Morgan fingerprint density at radius 2 is 1.00 bits per heavy atom. The van der Waals surface area contributed by atoms with E-state index in [-0.39, 0.29) is 0 Å². The van der Waals surface area contributed by atoms with Gasteiger partial charge in [0.1, 0.15) is 0 Å². The Hall–Kier alpha value is 0.499. The van der Waals surface area contributed by atoms with Gasteiger partial charge in [0, 0.05) is 0 Å². The molecule has 0 saturated heterocycles. The molecule has 1 rings (SSSR count). The molecule has 2 heteroatoms. The second kappa shape index (κ2) is 20.7. The van der Waals surface area contributed by atoms with Crippen LogP contribution < -0.4 is 2.89 Å². The standard InChI is InChI=1S/C28H51S.3CH3.Sn/c1-3-5-7-9-11-13-14-16-18-20-22-27(25-28-23-24-29-26-28)21-19-17-15-12-10-8-6-4-2;;;;/h23,26-27H,3-22,25H2,1-2H3;3*1H3;. The average Bonchev–Trinajstić information content (AvgIpc) is 3.26. The molecule has 1 atom stereocenters. The number of thiophene rings is 1. The normalized spacial score (nSPS) is 13.0. The third kappa shape index (κ3) is 17.6. The van der Waals surface area contributed by atoms with Crippen molar-refractivity contribution in [2.75, 3.05) is 0 Å². The van der Waals surface area contributed by atoms with Crippen LogP contribution in [0.5, 0.6) is 0 Å². The van der Waals surface area contributed by atoms with Crippen LogP contribution in [0, 0.1) is 5.92 Å². The predicted molar refractivity (Wildman–Crippen MR) is 158 cm³/mol. The summed E-state index contributed by atoms with van der Waals surface area (Å²) in [5.74, 6) is 0.928. The summed E-state index contributed by atoms with van der Waals surface area (Å²) in [5, 5.41) is 2.51. The van der Waals surface area contributed by atoms with Gasteiger partial charge in [-0.15, -0.1) is 0 Å². The second-order valence-electron chi connectivity index (χ2n) is 11.9. The topological polar surface area (TPSA) is 0 Å². The molecular weight excluding hydrogens is 523 g/mol. The van der Waals surface area contributed by atoms with Gasteiger partial charge in [-0.2, -0.15) is 0 Å². The van der Waals surface area contributed by atoms with E-state index in [9.17, 15) is 0 Å². The van der Waals surface area contributed by atoms with Gasteiger partial charge in [-0.25, -0.2) is 0 Å². The third-order valence-electron chi connectivity index (χ3n) is 7.35. The Morgan fingerprint density at radius 1 is 0.606 bits per heavy atom. The first kappa shape index (κ1) is 31.5. The first-order valence-electron chi connectivity index (χ1n) is 15.0. The van der Waals surface area contributed by atoms with Crippen LogP contribution in [-0.4, -0.2) is 18.4 Å². The number of hydrogen-bond donors (Lipinski definition) is 0. The summed E-state index contributed by atoms with van der Waals surface area (Å²) in [6.45, 7) is 4.63. The number of unbranched alkanes of at least 4 members (excludes halogenated alkanes) is 16. The van der Waals surface area contributed by atoms with E-state index in [1.807, 2.05) is 0 Å². The SMILES string of the molecule is CCCCCCCCCCCCC(CCCCCCCCCC)Cc1cs[c]([Sn]([CH3])([CH3])[CH3])c1. The fourth-order valence-electron chi connectivity index (χ4n) is 5.05. The van der Waals surface area contributed by atoms with E-state index in [2.05, 4.69) is 51.4 Å². The summed E-state index contributed by atoms with van der Waals surface area (Å²) in [4.78, 5) is 7.68. The van der Waals surface area contributed by atoms with Gasteiger partial charge in [0.05, 0.1) is 0 Å². The molecular formula is C31H60SSn. The summed E-state index contributed by atoms with van der Waals surface area (Å²) in [6.07, 6.45) is 30.4. The van der Waals surface area contributed by atoms with Crippen LogP contribution in [0.15, 0.2) is 11.4 Å². The van der Waals surface area contributed by atoms with E-state index < -0.39 is 18.4 Å². The van der Waals surface area contributed by atoms with Crippen molar-refractivity contribution in [2.45, 2.75) is 164 Å². The van der Waals surface area contributed by atoms with E-state index in [1.54, 1.807) is 8.46 Å². The molecule has 0 spiro atoms. The molecule has 0 radical (unpaired) electrons. The van der Waals surface area contributed by atoms with Crippen molar-refractivity contribution in [3.8, 4) is 0 Å². The van der Waals surface area contributed by atoms with Crippen molar-refractivity contribution < 1.29 is 0 Å². The first-order chi connectivity index (χ1) is 16.0. The van der Waals surface area contributed by atoms with Crippen LogP contribution in [0.25, 0.3) is 0 Å². The van der Waals surface area contributed by atoms with Gasteiger partial charge in [0.2, 0.25) is 0 Å². The van der Waals surface area contributed by atoms with Gasteiger partial charge in [-0.3, -0.25) is 0 Å². The monoisotopic (exact) mass is 584 g/mol. The maximum absolute atomic E-state index is 2.61. The molecule has 0 aliphatic carbocycles. The Morgan fingerprint density at radius 3 is 1.36 bits per heavy atom. The molecule has 33 heavy (non-hydrogen) atoms. The fraction of sp³-hybridized carbons (Fsp3) is 0.871. The summed E-state index contributed by atoms with van der Waals surface area (Å²) in [5.41, 5.74) is 1.67. The van der Waals surface area contributed by atoms with E-state index in [4.69, 9.17) is 0 Å². The molecule has 1 heterocycles. The van der Waals surface area contributed by atoms with Crippen LogP contribution in [0.1, 0.15) is 148 Å². The number of rotatable bonds is 23. The minimum absolute atomic E-state index is 0.928. The second-order valence-corrected chi connectivity index (χ2v) is 28.2. The van der Waals surface area contributed by atoms with E-state index in [0.717, 1.165) is 5.92 Å². The molecule has 1 aromatic heterocycles. The molecule has 0 N–H and O–H groups in total. The van der Waals surface area contributed by atoms with Crippen molar-refractivity contribution in [1.29, 1.82) is 0 Å². The van der Waals surface area contributed by atoms with E-state index in [1.165, 1.54) is 135 Å².